The van der Waals surface area contributed by atoms with E-state index >= 15 is 0 Å². The standard InChI is InChI=1S/C10H12BrClO3S/c1-2-16(14,15)10(11)9(13)7-3-5-8(12)6-4-7/h3-6,9-10,13H,2H2,1H3/t9-,10+/m0/s1. The zero-order chi connectivity index (χ0) is 12.3. The van der Waals surface area contributed by atoms with Gasteiger partial charge in [0.2, 0.25) is 0 Å². The molecular formula is C10H12BrClO3S. The highest BCUT2D eigenvalue weighted by molar-refractivity contribution is 9.11. The van der Waals surface area contributed by atoms with E-state index in [4.69, 9.17) is 11.6 Å². The van der Waals surface area contributed by atoms with Crippen LogP contribution in [0.2, 0.25) is 5.02 Å². The second-order valence-corrected chi connectivity index (χ2v) is 7.74. The molecular weight excluding hydrogens is 316 g/mol. The highest BCUT2D eigenvalue weighted by Crippen LogP contribution is 2.27. The third-order valence-corrected chi connectivity index (χ3v) is 6.42. The molecule has 1 rings (SSSR count). The summed E-state index contributed by atoms with van der Waals surface area (Å²) in [6.07, 6.45) is -1.10. The molecule has 1 aromatic carbocycles. The summed E-state index contributed by atoms with van der Waals surface area (Å²) >= 11 is 8.71. The smallest absolute Gasteiger partial charge is 0.165 e. The van der Waals surface area contributed by atoms with Crippen molar-refractivity contribution in [2.45, 2.75) is 17.2 Å². The molecule has 0 heterocycles. The van der Waals surface area contributed by atoms with Gasteiger partial charge in [0, 0.05) is 10.8 Å². The molecule has 0 saturated heterocycles. The Labute approximate surface area is 108 Å². The van der Waals surface area contributed by atoms with E-state index in [0.717, 1.165) is 0 Å². The van der Waals surface area contributed by atoms with Crippen molar-refractivity contribution in [1.29, 1.82) is 0 Å². The maximum Gasteiger partial charge on any atom is 0.165 e. The molecule has 0 fully saturated rings. The molecule has 3 nitrogen and oxygen atoms in total. The summed E-state index contributed by atoms with van der Waals surface area (Å²) < 4.78 is 22.1. The van der Waals surface area contributed by atoms with Crippen LogP contribution in [0, 0.1) is 0 Å². The van der Waals surface area contributed by atoms with E-state index in [0.29, 0.717) is 10.6 Å². The lowest BCUT2D eigenvalue weighted by molar-refractivity contribution is 0.195. The van der Waals surface area contributed by atoms with Crippen LogP contribution in [-0.4, -0.2) is 23.4 Å². The number of hydrogen-bond acceptors (Lipinski definition) is 3. The maximum absolute atomic E-state index is 11.5. The number of rotatable bonds is 4. The Bertz CT molecular complexity index is 444. The minimum Gasteiger partial charge on any atom is -0.386 e. The number of alkyl halides is 1. The highest BCUT2D eigenvalue weighted by atomic mass is 79.9. The average molecular weight is 328 g/mol. The van der Waals surface area contributed by atoms with Gasteiger partial charge >= 0.3 is 0 Å². The van der Waals surface area contributed by atoms with E-state index in [9.17, 15) is 13.5 Å². The van der Waals surface area contributed by atoms with E-state index < -0.39 is 20.1 Å². The van der Waals surface area contributed by atoms with Crippen molar-refractivity contribution >= 4 is 37.4 Å². The fraction of sp³-hybridized carbons (Fsp3) is 0.400. The first-order valence-corrected chi connectivity index (χ1v) is 7.68. The Balaban J connectivity index is 2.94. The van der Waals surface area contributed by atoms with Crippen molar-refractivity contribution in [2.75, 3.05) is 5.75 Å². The molecule has 0 spiro atoms. The maximum atomic E-state index is 11.5. The number of aliphatic hydroxyl groups excluding tert-OH is 1. The molecule has 0 unspecified atom stereocenters. The third-order valence-electron chi connectivity index (χ3n) is 2.21. The predicted octanol–water partition coefficient (Wildman–Crippen LogP) is 2.53. The second-order valence-electron chi connectivity index (χ2n) is 3.30. The highest BCUT2D eigenvalue weighted by Gasteiger charge is 2.29. The zero-order valence-corrected chi connectivity index (χ0v) is 11.8. The topological polar surface area (TPSA) is 54.4 Å². The minimum atomic E-state index is -3.32. The van der Waals surface area contributed by atoms with Crippen molar-refractivity contribution in [3.05, 3.63) is 34.9 Å². The molecule has 6 heteroatoms. The average Bonchev–Trinajstić information content (AvgIpc) is 2.28. The van der Waals surface area contributed by atoms with Gasteiger partial charge in [-0.15, -0.1) is 0 Å². The van der Waals surface area contributed by atoms with Gasteiger partial charge in [0.25, 0.3) is 0 Å². The van der Waals surface area contributed by atoms with Crippen LogP contribution in [0.15, 0.2) is 24.3 Å². The molecule has 0 aliphatic rings. The van der Waals surface area contributed by atoms with Crippen LogP contribution in [0.3, 0.4) is 0 Å². The number of aliphatic hydroxyl groups is 1. The first-order valence-electron chi connectivity index (χ1n) is 4.67. The summed E-state index contributed by atoms with van der Waals surface area (Å²) in [5.74, 6) is -0.0203. The Hall–Kier alpha value is -0.100. The van der Waals surface area contributed by atoms with Crippen LogP contribution in [0.5, 0.6) is 0 Å². The Morgan fingerprint density at radius 1 is 1.38 bits per heavy atom. The molecule has 16 heavy (non-hydrogen) atoms. The van der Waals surface area contributed by atoms with Gasteiger partial charge in [0.1, 0.15) is 10.3 Å². The zero-order valence-electron chi connectivity index (χ0n) is 8.60. The van der Waals surface area contributed by atoms with E-state index in [-0.39, 0.29) is 5.75 Å². The van der Waals surface area contributed by atoms with E-state index in [1.165, 1.54) is 6.92 Å². The minimum absolute atomic E-state index is 0.0203. The van der Waals surface area contributed by atoms with Gasteiger partial charge in [0.15, 0.2) is 9.84 Å². The lowest BCUT2D eigenvalue weighted by atomic mass is 10.1. The largest absolute Gasteiger partial charge is 0.386 e. The first kappa shape index (κ1) is 14.0. The summed E-state index contributed by atoms with van der Waals surface area (Å²) in [4.78, 5) is 0. The summed E-state index contributed by atoms with van der Waals surface area (Å²) in [6.45, 7) is 1.54. The fourth-order valence-electron chi connectivity index (χ4n) is 1.17. The Kier molecular flexibility index (Phi) is 4.79. The second kappa shape index (κ2) is 5.49. The van der Waals surface area contributed by atoms with Crippen LogP contribution in [0.1, 0.15) is 18.6 Å². The van der Waals surface area contributed by atoms with Gasteiger partial charge < -0.3 is 5.11 Å². The quantitative estimate of drug-likeness (QED) is 0.865. The van der Waals surface area contributed by atoms with E-state index in [1.54, 1.807) is 24.3 Å². The lowest BCUT2D eigenvalue weighted by Gasteiger charge is -2.17. The Morgan fingerprint density at radius 3 is 2.31 bits per heavy atom. The molecule has 0 saturated carbocycles. The van der Waals surface area contributed by atoms with Crippen LogP contribution in [0.4, 0.5) is 0 Å². The van der Waals surface area contributed by atoms with E-state index in [2.05, 4.69) is 15.9 Å². The number of benzene rings is 1. The van der Waals surface area contributed by atoms with Crippen LogP contribution in [0.25, 0.3) is 0 Å². The third kappa shape index (κ3) is 3.20. The van der Waals surface area contributed by atoms with Gasteiger partial charge in [-0.25, -0.2) is 8.42 Å². The van der Waals surface area contributed by atoms with Crippen LogP contribution >= 0.6 is 27.5 Å². The molecule has 0 aromatic heterocycles. The van der Waals surface area contributed by atoms with Gasteiger partial charge in [-0.2, -0.15) is 0 Å². The molecule has 0 aliphatic carbocycles. The number of hydrogen-bond donors (Lipinski definition) is 1. The van der Waals surface area contributed by atoms with Crippen molar-refractivity contribution < 1.29 is 13.5 Å². The van der Waals surface area contributed by atoms with Gasteiger partial charge in [-0.1, -0.05) is 46.6 Å². The monoisotopic (exact) mass is 326 g/mol. The van der Waals surface area contributed by atoms with Gasteiger partial charge in [0.05, 0.1) is 0 Å². The molecule has 0 amide bonds. The Morgan fingerprint density at radius 2 is 1.88 bits per heavy atom. The molecule has 2 atom stereocenters. The molecule has 0 bridgehead atoms. The molecule has 1 N–H and O–H groups in total. The summed E-state index contributed by atoms with van der Waals surface area (Å²) in [5, 5.41) is 10.4. The van der Waals surface area contributed by atoms with Crippen LogP contribution < -0.4 is 0 Å². The molecule has 1 aromatic rings. The first-order chi connectivity index (χ1) is 7.38. The molecule has 0 aliphatic heterocycles. The predicted molar refractivity (Wildman–Crippen MR) is 68.6 cm³/mol. The number of halogens is 2. The van der Waals surface area contributed by atoms with Crippen LogP contribution in [-0.2, 0) is 9.84 Å². The SMILES string of the molecule is CCS(=O)(=O)[C@@H](Br)[C@@H](O)c1ccc(Cl)cc1. The molecule has 90 valence electrons. The summed E-state index contributed by atoms with van der Waals surface area (Å²) in [5.41, 5.74) is 0.517. The number of sulfone groups is 1. The summed E-state index contributed by atoms with van der Waals surface area (Å²) in [7, 11) is -3.32. The van der Waals surface area contributed by atoms with Crippen molar-refractivity contribution in [1.82, 2.24) is 0 Å². The van der Waals surface area contributed by atoms with Gasteiger partial charge in [-0.05, 0) is 17.7 Å². The van der Waals surface area contributed by atoms with E-state index in [1.807, 2.05) is 0 Å². The normalized spacial score (nSPS) is 15.8. The fourth-order valence-corrected chi connectivity index (χ4v) is 3.26. The van der Waals surface area contributed by atoms with Crippen molar-refractivity contribution in [3.8, 4) is 0 Å². The lowest BCUT2D eigenvalue weighted by Crippen LogP contribution is -2.24. The summed E-state index contributed by atoms with van der Waals surface area (Å²) in [6, 6.07) is 6.43. The van der Waals surface area contributed by atoms with Crippen molar-refractivity contribution in [3.63, 3.8) is 0 Å². The molecule has 0 radical (unpaired) electrons. The van der Waals surface area contributed by atoms with Crippen molar-refractivity contribution in [2.24, 2.45) is 0 Å². The van der Waals surface area contributed by atoms with Gasteiger partial charge in [-0.3, -0.25) is 0 Å².